The maximum absolute atomic E-state index is 13.8. The highest BCUT2D eigenvalue weighted by Crippen LogP contribution is 2.38. The van der Waals surface area contributed by atoms with Gasteiger partial charge in [0.05, 0.1) is 5.92 Å². The molecular formula is C29H32ClNO2. The summed E-state index contributed by atoms with van der Waals surface area (Å²) in [5.74, 6) is 0.742. The third-order valence-electron chi connectivity index (χ3n) is 6.60. The van der Waals surface area contributed by atoms with Crippen molar-refractivity contribution in [1.82, 2.24) is 4.90 Å². The summed E-state index contributed by atoms with van der Waals surface area (Å²) < 4.78 is 5.93. The van der Waals surface area contributed by atoms with Crippen molar-refractivity contribution in [1.29, 1.82) is 0 Å². The van der Waals surface area contributed by atoms with Gasteiger partial charge < -0.3 is 4.74 Å². The minimum atomic E-state index is -0.265. The monoisotopic (exact) mass is 461 g/mol. The first-order valence-corrected chi connectivity index (χ1v) is 12.3. The van der Waals surface area contributed by atoms with E-state index in [1.165, 1.54) is 25.9 Å². The molecule has 3 nitrogen and oxygen atoms in total. The third kappa shape index (κ3) is 6.04. The van der Waals surface area contributed by atoms with Crippen molar-refractivity contribution < 1.29 is 9.53 Å². The van der Waals surface area contributed by atoms with Gasteiger partial charge in [-0.3, -0.25) is 9.69 Å². The average Bonchev–Trinajstić information content (AvgIpc) is 3.37. The Morgan fingerprint density at radius 2 is 1.58 bits per heavy atom. The van der Waals surface area contributed by atoms with Gasteiger partial charge in [0.1, 0.15) is 12.4 Å². The van der Waals surface area contributed by atoms with Gasteiger partial charge in [-0.25, -0.2) is 0 Å². The van der Waals surface area contributed by atoms with Crippen LogP contribution in [-0.4, -0.2) is 36.9 Å². The molecule has 0 bridgehead atoms. The van der Waals surface area contributed by atoms with Gasteiger partial charge in [-0.05, 0) is 85.8 Å². The van der Waals surface area contributed by atoms with Crippen LogP contribution in [-0.2, 0) is 0 Å². The van der Waals surface area contributed by atoms with E-state index in [2.05, 4.69) is 24.0 Å². The minimum Gasteiger partial charge on any atom is -0.492 e. The van der Waals surface area contributed by atoms with Crippen molar-refractivity contribution in [3.8, 4) is 5.75 Å². The highest BCUT2D eigenvalue weighted by Gasteiger charge is 2.30. The number of hydrogen-bond acceptors (Lipinski definition) is 3. The first-order valence-electron chi connectivity index (χ1n) is 12.0. The van der Waals surface area contributed by atoms with Gasteiger partial charge in [0, 0.05) is 17.1 Å². The molecule has 3 aromatic carbocycles. The van der Waals surface area contributed by atoms with Crippen LogP contribution in [0, 0.1) is 0 Å². The molecule has 1 aliphatic rings. The molecular weight excluding hydrogens is 430 g/mol. The fraction of sp³-hybridized carbons (Fsp3) is 0.345. The molecule has 172 valence electrons. The standard InChI is InChI=1S/C29H32ClNO2/c1-2-27(22-10-14-25(30)15-11-22)28(23-8-4-3-5-9-23)29(32)24-12-16-26(17-13-24)33-21-20-31-18-6-7-19-31/h3-5,8-17,27-28H,2,6-7,18-21H2,1H3. The fourth-order valence-corrected chi connectivity index (χ4v) is 4.92. The number of halogens is 1. The van der Waals surface area contributed by atoms with Crippen molar-refractivity contribution in [2.75, 3.05) is 26.2 Å². The summed E-state index contributed by atoms with van der Waals surface area (Å²) in [6, 6.07) is 25.6. The van der Waals surface area contributed by atoms with E-state index in [0.717, 1.165) is 29.8 Å². The van der Waals surface area contributed by atoms with Crippen molar-refractivity contribution in [2.24, 2.45) is 0 Å². The average molecular weight is 462 g/mol. The Labute approximate surface area is 202 Å². The van der Waals surface area contributed by atoms with Crippen molar-refractivity contribution in [2.45, 2.75) is 38.0 Å². The number of ketones is 1. The highest BCUT2D eigenvalue weighted by atomic mass is 35.5. The fourth-order valence-electron chi connectivity index (χ4n) is 4.79. The molecule has 2 atom stereocenters. The summed E-state index contributed by atoms with van der Waals surface area (Å²) in [7, 11) is 0. The van der Waals surface area contributed by atoms with Crippen LogP contribution in [0.1, 0.15) is 59.5 Å². The molecule has 0 radical (unpaired) electrons. The summed E-state index contributed by atoms with van der Waals surface area (Å²) in [4.78, 5) is 16.2. The maximum atomic E-state index is 13.8. The Kier molecular flexibility index (Phi) is 8.20. The Balaban J connectivity index is 1.52. The second kappa shape index (κ2) is 11.5. The molecule has 1 fully saturated rings. The van der Waals surface area contributed by atoms with Crippen LogP contribution in [0.4, 0.5) is 0 Å². The largest absolute Gasteiger partial charge is 0.492 e. The normalized spacial score (nSPS) is 15.8. The van der Waals surface area contributed by atoms with Gasteiger partial charge in [-0.15, -0.1) is 0 Å². The second-order valence-electron chi connectivity index (χ2n) is 8.74. The van der Waals surface area contributed by atoms with E-state index in [4.69, 9.17) is 16.3 Å². The van der Waals surface area contributed by atoms with Gasteiger partial charge in [-0.1, -0.05) is 61.0 Å². The number of carbonyl (C=O) groups excluding carboxylic acids is 1. The zero-order chi connectivity index (χ0) is 23.0. The topological polar surface area (TPSA) is 29.5 Å². The van der Waals surface area contributed by atoms with E-state index >= 15 is 0 Å². The molecule has 4 rings (SSSR count). The number of Topliss-reactive ketones (excluding diaryl/α,β-unsaturated/α-hetero) is 1. The molecule has 4 heteroatoms. The third-order valence-corrected chi connectivity index (χ3v) is 6.85. The van der Waals surface area contributed by atoms with E-state index in [0.29, 0.717) is 17.2 Å². The molecule has 0 saturated carbocycles. The van der Waals surface area contributed by atoms with Crippen molar-refractivity contribution in [3.63, 3.8) is 0 Å². The van der Waals surface area contributed by atoms with Gasteiger partial charge in [0.15, 0.2) is 5.78 Å². The zero-order valence-corrected chi connectivity index (χ0v) is 20.0. The van der Waals surface area contributed by atoms with Gasteiger partial charge in [-0.2, -0.15) is 0 Å². The molecule has 0 aromatic heterocycles. The van der Waals surface area contributed by atoms with Crippen LogP contribution < -0.4 is 4.74 Å². The van der Waals surface area contributed by atoms with Crippen LogP contribution in [0.5, 0.6) is 5.75 Å². The smallest absolute Gasteiger partial charge is 0.170 e. The van der Waals surface area contributed by atoms with Crippen molar-refractivity contribution in [3.05, 3.63) is 101 Å². The van der Waals surface area contributed by atoms with Gasteiger partial charge in [0.25, 0.3) is 0 Å². The van der Waals surface area contributed by atoms with Gasteiger partial charge >= 0.3 is 0 Å². The summed E-state index contributed by atoms with van der Waals surface area (Å²) in [5, 5.41) is 0.705. The summed E-state index contributed by atoms with van der Waals surface area (Å²) in [6.45, 7) is 6.11. The maximum Gasteiger partial charge on any atom is 0.170 e. The summed E-state index contributed by atoms with van der Waals surface area (Å²) in [5.41, 5.74) is 2.88. The first-order chi connectivity index (χ1) is 16.2. The molecule has 1 aliphatic heterocycles. The van der Waals surface area contributed by atoms with Crippen LogP contribution in [0.3, 0.4) is 0 Å². The molecule has 3 aromatic rings. The number of benzene rings is 3. The van der Waals surface area contributed by atoms with Crippen LogP contribution >= 0.6 is 11.6 Å². The molecule has 0 aliphatic carbocycles. The Morgan fingerprint density at radius 3 is 2.21 bits per heavy atom. The lowest BCUT2D eigenvalue weighted by Gasteiger charge is -2.26. The lowest BCUT2D eigenvalue weighted by molar-refractivity contribution is 0.0945. The highest BCUT2D eigenvalue weighted by molar-refractivity contribution is 6.30. The number of ether oxygens (including phenoxy) is 1. The van der Waals surface area contributed by atoms with E-state index < -0.39 is 0 Å². The lowest BCUT2D eigenvalue weighted by Crippen LogP contribution is -2.25. The lowest BCUT2D eigenvalue weighted by atomic mass is 9.76. The van der Waals surface area contributed by atoms with Crippen LogP contribution in [0.25, 0.3) is 0 Å². The number of rotatable bonds is 10. The summed E-state index contributed by atoms with van der Waals surface area (Å²) in [6.07, 6.45) is 3.42. The van der Waals surface area contributed by atoms with Crippen LogP contribution in [0.2, 0.25) is 5.02 Å². The van der Waals surface area contributed by atoms with E-state index in [1.54, 1.807) is 0 Å². The minimum absolute atomic E-state index is 0.0635. The quantitative estimate of drug-likeness (QED) is 0.305. The zero-order valence-electron chi connectivity index (χ0n) is 19.3. The molecule has 0 spiro atoms. The molecule has 0 amide bonds. The molecule has 0 N–H and O–H groups in total. The first kappa shape index (κ1) is 23.5. The number of carbonyl (C=O) groups is 1. The molecule has 2 unspecified atom stereocenters. The Hall–Kier alpha value is -2.62. The number of nitrogens with zero attached hydrogens (tertiary/aromatic N) is 1. The SMILES string of the molecule is CCC(c1ccc(Cl)cc1)C(C(=O)c1ccc(OCCN2CCCC2)cc1)c1ccccc1. The Bertz CT molecular complexity index is 1010. The predicted octanol–water partition coefficient (Wildman–Crippen LogP) is 6.97. The number of hydrogen-bond donors (Lipinski definition) is 0. The second-order valence-corrected chi connectivity index (χ2v) is 9.18. The number of likely N-dealkylation sites (tertiary alicyclic amines) is 1. The molecule has 1 heterocycles. The summed E-state index contributed by atoms with van der Waals surface area (Å²) >= 11 is 6.12. The molecule has 1 saturated heterocycles. The molecule has 33 heavy (non-hydrogen) atoms. The van der Waals surface area contributed by atoms with E-state index in [-0.39, 0.29) is 17.6 Å². The Morgan fingerprint density at radius 1 is 0.909 bits per heavy atom. The predicted molar refractivity (Wildman–Crippen MR) is 136 cm³/mol. The van der Waals surface area contributed by atoms with Crippen molar-refractivity contribution >= 4 is 17.4 Å². The van der Waals surface area contributed by atoms with E-state index in [9.17, 15) is 4.79 Å². The van der Waals surface area contributed by atoms with E-state index in [1.807, 2.05) is 66.7 Å². The van der Waals surface area contributed by atoms with Gasteiger partial charge in [0.2, 0.25) is 0 Å². The van der Waals surface area contributed by atoms with Crippen LogP contribution in [0.15, 0.2) is 78.9 Å².